The van der Waals surface area contributed by atoms with Gasteiger partial charge >= 0.3 is 18.4 Å². The van der Waals surface area contributed by atoms with Crippen molar-refractivity contribution in [1.82, 2.24) is 40.4 Å². The molecule has 2 aliphatic carbocycles. The van der Waals surface area contributed by atoms with Crippen molar-refractivity contribution in [3.8, 4) is 0 Å². The second-order valence-corrected chi connectivity index (χ2v) is 11.8. The summed E-state index contributed by atoms with van der Waals surface area (Å²) in [5, 5.41) is 15.6. The molecule has 19 heteroatoms. The van der Waals surface area contributed by atoms with Gasteiger partial charge in [-0.3, -0.25) is 4.79 Å². The van der Waals surface area contributed by atoms with Crippen LogP contribution in [0, 0.1) is 17.3 Å². The van der Waals surface area contributed by atoms with Gasteiger partial charge < -0.3 is 15.5 Å². The quantitative estimate of drug-likeness (QED) is 0.354. The zero-order valence-electron chi connectivity index (χ0n) is 22.7. The maximum absolute atomic E-state index is 14.1. The number of aromatic nitrogens is 5. The van der Waals surface area contributed by atoms with Crippen molar-refractivity contribution in [3.05, 3.63) is 41.1 Å². The zero-order valence-corrected chi connectivity index (χ0v) is 22.7. The first-order valence-corrected chi connectivity index (χ1v) is 13.5. The fourth-order valence-electron chi connectivity index (χ4n) is 6.24. The first-order chi connectivity index (χ1) is 20.4. The number of nitrogens with zero attached hydrogens (tertiary/aromatic N) is 6. The molecule has 2 saturated carbocycles. The summed E-state index contributed by atoms with van der Waals surface area (Å²) in [5.74, 6) is -5.59. The van der Waals surface area contributed by atoms with E-state index in [9.17, 15) is 44.7 Å². The van der Waals surface area contributed by atoms with Crippen LogP contribution in [0.25, 0.3) is 5.65 Å². The Bertz CT molecular complexity index is 1590. The average molecular weight is 637 g/mol. The van der Waals surface area contributed by atoms with E-state index in [1.807, 2.05) is 5.32 Å². The summed E-state index contributed by atoms with van der Waals surface area (Å²) in [6.45, 7) is 0.881. The highest BCUT2D eigenvalue weighted by atomic mass is 19.4. The minimum Gasteiger partial charge on any atom is -0.342 e. The maximum Gasteiger partial charge on any atom is 0.410 e. The first-order valence-electron chi connectivity index (χ1n) is 13.5. The van der Waals surface area contributed by atoms with Crippen molar-refractivity contribution >= 4 is 17.6 Å². The largest absolute Gasteiger partial charge is 0.410 e. The zero-order chi connectivity index (χ0) is 31.8. The predicted molar refractivity (Wildman–Crippen MR) is 130 cm³/mol. The molecule has 3 amide bonds. The summed E-state index contributed by atoms with van der Waals surface area (Å²) in [5.41, 5.74) is -1.03. The molecule has 0 aromatic carbocycles. The minimum atomic E-state index is -4.62. The second-order valence-electron chi connectivity index (χ2n) is 11.8. The molecule has 0 radical (unpaired) electrons. The summed E-state index contributed by atoms with van der Waals surface area (Å²) in [6.07, 6.45) is -8.31. The molecule has 3 fully saturated rings. The van der Waals surface area contributed by atoms with Gasteiger partial charge in [-0.05, 0) is 35.0 Å². The van der Waals surface area contributed by atoms with E-state index in [0.717, 1.165) is 4.90 Å². The van der Waals surface area contributed by atoms with Crippen molar-refractivity contribution < 1.29 is 49.3 Å². The molecule has 11 nitrogen and oxygen atoms in total. The normalized spacial score (nSPS) is 27.0. The van der Waals surface area contributed by atoms with Gasteiger partial charge in [0.05, 0.1) is 30.7 Å². The fraction of sp³-hybridized carbons (Fsp3) is 0.600. The Morgan fingerprint density at radius 3 is 2.52 bits per heavy atom. The van der Waals surface area contributed by atoms with Gasteiger partial charge in [-0.1, -0.05) is 12.1 Å². The molecule has 3 aliphatic rings. The number of hydrogen-bond donors (Lipinski definition) is 2. The van der Waals surface area contributed by atoms with Gasteiger partial charge in [0, 0.05) is 31.2 Å². The van der Waals surface area contributed by atoms with Crippen LogP contribution in [0.15, 0.2) is 23.1 Å². The Balaban J connectivity index is 1.26. The van der Waals surface area contributed by atoms with E-state index in [1.54, 1.807) is 6.92 Å². The van der Waals surface area contributed by atoms with Crippen LogP contribution >= 0.6 is 0 Å². The number of carbonyl (C=O) groups excluding carboxylic acids is 2. The summed E-state index contributed by atoms with van der Waals surface area (Å²) >= 11 is 0. The van der Waals surface area contributed by atoms with E-state index in [2.05, 4.69) is 30.3 Å². The number of halogens is 8. The fourth-order valence-corrected chi connectivity index (χ4v) is 6.24. The van der Waals surface area contributed by atoms with Crippen LogP contribution < -0.4 is 10.6 Å². The van der Waals surface area contributed by atoms with Crippen LogP contribution in [-0.2, 0) is 13.0 Å². The standard InChI is InChI=1S/C25H24F8N8O3/c1-22(5-12-13(6-22)24(12,29)30)19(37-20(42)18-14(38-44-39-18)2-3-23(26,27)28)15-9-41-17(35-15)4-11(7-34-41)8-40-10-16(25(31,32)33)36-21(40)43/h4,7,9,12-13,16,19H,2-3,5-6,8,10H2,1H3,(H,36,43)(H,37,42)/t12-,13+,16-,19-,22-/m0/s1. The number of carbonyl (C=O) groups is 2. The highest BCUT2D eigenvalue weighted by molar-refractivity contribution is 5.93. The third kappa shape index (κ3) is 5.51. The molecule has 44 heavy (non-hydrogen) atoms. The third-order valence-electron chi connectivity index (χ3n) is 8.57. The number of rotatable bonds is 8. The van der Waals surface area contributed by atoms with Crippen molar-refractivity contribution in [1.29, 1.82) is 0 Å². The van der Waals surface area contributed by atoms with E-state index in [1.165, 1.54) is 23.0 Å². The van der Waals surface area contributed by atoms with Crippen LogP contribution in [0.1, 0.15) is 59.7 Å². The lowest BCUT2D eigenvalue weighted by Crippen LogP contribution is -2.40. The van der Waals surface area contributed by atoms with Gasteiger partial charge in [-0.2, -0.15) is 31.4 Å². The molecule has 0 spiro atoms. The van der Waals surface area contributed by atoms with Gasteiger partial charge in [0.1, 0.15) is 11.7 Å². The van der Waals surface area contributed by atoms with Crippen molar-refractivity contribution in [3.63, 3.8) is 0 Å². The monoisotopic (exact) mass is 636 g/mol. The molecule has 0 bridgehead atoms. The lowest BCUT2D eigenvalue weighted by atomic mass is 9.76. The van der Waals surface area contributed by atoms with Crippen molar-refractivity contribution in [2.24, 2.45) is 17.3 Å². The van der Waals surface area contributed by atoms with Crippen LogP contribution in [0.4, 0.5) is 39.9 Å². The smallest absolute Gasteiger partial charge is 0.342 e. The molecule has 3 aromatic rings. The van der Waals surface area contributed by atoms with E-state index < -0.39 is 84.6 Å². The number of nitrogens with one attached hydrogen (secondary N) is 2. The van der Waals surface area contributed by atoms with Gasteiger partial charge in [0.2, 0.25) is 0 Å². The van der Waals surface area contributed by atoms with Crippen molar-refractivity contribution in [2.45, 2.75) is 69.5 Å². The van der Waals surface area contributed by atoms with E-state index in [0.29, 0.717) is 5.56 Å². The van der Waals surface area contributed by atoms with E-state index in [-0.39, 0.29) is 36.4 Å². The minimum absolute atomic E-state index is 0.0185. The predicted octanol–water partition coefficient (Wildman–Crippen LogP) is 4.22. The van der Waals surface area contributed by atoms with E-state index in [4.69, 9.17) is 0 Å². The number of amides is 3. The SMILES string of the molecule is C[C@@]1([C@@H](NC(=O)c2nonc2CCC(F)(F)F)c2cn3ncc(CN4C[C@@H](C(F)(F)F)NC4=O)cc3n2)C[C@@H]2[C@H](C1)C2(F)F. The molecule has 1 aliphatic heterocycles. The summed E-state index contributed by atoms with van der Waals surface area (Å²) in [4.78, 5) is 30.8. The Hall–Kier alpha value is -4.06. The molecule has 2 N–H and O–H groups in total. The van der Waals surface area contributed by atoms with E-state index >= 15 is 0 Å². The molecule has 3 aromatic heterocycles. The summed E-state index contributed by atoms with van der Waals surface area (Å²) in [7, 11) is 0. The van der Waals surface area contributed by atoms with Crippen LogP contribution in [0.3, 0.4) is 0 Å². The number of alkyl halides is 8. The summed E-state index contributed by atoms with van der Waals surface area (Å²) < 4.78 is 112. The molecule has 4 heterocycles. The molecule has 6 rings (SSSR count). The number of imidazole rings is 1. The molecular formula is C25H24F8N8O3. The average Bonchev–Trinajstić information content (AvgIpc) is 3.56. The Kier molecular flexibility index (Phi) is 6.80. The maximum atomic E-state index is 14.1. The summed E-state index contributed by atoms with van der Waals surface area (Å²) in [6, 6.07) is -2.47. The Morgan fingerprint density at radius 2 is 1.89 bits per heavy atom. The first kappa shape index (κ1) is 30.0. The van der Waals surface area contributed by atoms with Gasteiger partial charge in [0.15, 0.2) is 11.3 Å². The lowest BCUT2D eigenvalue weighted by Gasteiger charge is -2.35. The molecule has 5 atom stereocenters. The number of urea groups is 1. The number of aryl methyl sites for hydroxylation is 1. The highest BCUT2D eigenvalue weighted by Crippen LogP contribution is 2.71. The molecule has 1 saturated heterocycles. The van der Waals surface area contributed by atoms with Crippen LogP contribution in [0.2, 0.25) is 0 Å². The third-order valence-corrected chi connectivity index (χ3v) is 8.57. The van der Waals surface area contributed by atoms with Gasteiger partial charge in [-0.15, -0.1) is 0 Å². The number of fused-ring (bicyclic) bond motifs is 2. The van der Waals surface area contributed by atoms with Gasteiger partial charge in [-0.25, -0.2) is 27.7 Å². The topological polar surface area (TPSA) is 131 Å². The van der Waals surface area contributed by atoms with Crippen molar-refractivity contribution in [2.75, 3.05) is 6.54 Å². The molecular weight excluding hydrogens is 612 g/mol. The van der Waals surface area contributed by atoms with Crippen LogP contribution in [0.5, 0.6) is 0 Å². The second kappa shape index (κ2) is 9.98. The van der Waals surface area contributed by atoms with Crippen LogP contribution in [-0.4, -0.2) is 72.6 Å². The Morgan fingerprint density at radius 1 is 1.18 bits per heavy atom. The highest BCUT2D eigenvalue weighted by Gasteiger charge is 2.74. The Labute approximate surface area is 242 Å². The number of hydrogen-bond acceptors (Lipinski definition) is 7. The lowest BCUT2D eigenvalue weighted by molar-refractivity contribution is -0.149. The van der Waals surface area contributed by atoms with Gasteiger partial charge in [0.25, 0.3) is 11.8 Å². The molecule has 0 unspecified atom stereocenters. The molecule has 238 valence electrons.